The number of carbonyl (C=O) groups is 2. The summed E-state index contributed by atoms with van der Waals surface area (Å²) in [5.41, 5.74) is 2.57. The van der Waals surface area contributed by atoms with Crippen LogP contribution < -0.4 is 5.32 Å². The number of H-pyrrole nitrogens is 1. The topological polar surface area (TPSA) is 102 Å². The Labute approximate surface area is 182 Å². The molecule has 8 nitrogen and oxygen atoms in total. The molecule has 3 rings (SSSR count). The number of hydrogen-bond acceptors (Lipinski definition) is 6. The molecule has 2 aromatic rings. The van der Waals surface area contributed by atoms with E-state index >= 15 is 0 Å². The van der Waals surface area contributed by atoms with Gasteiger partial charge in [-0.1, -0.05) is 0 Å². The predicted octanol–water partition coefficient (Wildman–Crippen LogP) is 2.53. The number of carboxylic acids is 1. The maximum atomic E-state index is 12.4. The summed E-state index contributed by atoms with van der Waals surface area (Å²) in [7, 11) is 2.17. The molecule has 0 unspecified atom stereocenters. The molecule has 2 aromatic heterocycles. The summed E-state index contributed by atoms with van der Waals surface area (Å²) in [5.74, 6) is -2.83. The predicted molar refractivity (Wildman–Crippen MR) is 111 cm³/mol. The van der Waals surface area contributed by atoms with Crippen LogP contribution in [0.25, 0.3) is 11.3 Å². The van der Waals surface area contributed by atoms with Crippen LogP contribution in [0.2, 0.25) is 0 Å². The largest absolute Gasteiger partial charge is 0.490 e. The van der Waals surface area contributed by atoms with Crippen LogP contribution in [0.4, 0.5) is 13.2 Å². The van der Waals surface area contributed by atoms with Crippen molar-refractivity contribution >= 4 is 23.2 Å². The highest BCUT2D eigenvalue weighted by atomic mass is 32.1. The molecule has 0 radical (unpaired) electrons. The SMILES string of the molecule is CN1CCN(CCNC(=O)c2cn[nH]c2-c2ccsc2)CC1(C)C.O=C(O)C(F)(F)F. The van der Waals surface area contributed by atoms with Gasteiger partial charge in [0.15, 0.2) is 0 Å². The number of piperazine rings is 1. The van der Waals surface area contributed by atoms with Crippen LogP contribution in [-0.4, -0.2) is 88.5 Å². The molecule has 172 valence electrons. The minimum atomic E-state index is -5.08. The Morgan fingerprint density at radius 2 is 2.03 bits per heavy atom. The molecular formula is C19H26F3N5O3S. The van der Waals surface area contributed by atoms with Crippen LogP contribution in [0.1, 0.15) is 24.2 Å². The van der Waals surface area contributed by atoms with E-state index < -0.39 is 12.1 Å². The maximum Gasteiger partial charge on any atom is 0.490 e. The van der Waals surface area contributed by atoms with Gasteiger partial charge in [0.05, 0.1) is 17.5 Å². The molecule has 3 N–H and O–H groups in total. The van der Waals surface area contributed by atoms with Gasteiger partial charge < -0.3 is 10.4 Å². The molecule has 0 aliphatic carbocycles. The molecule has 12 heteroatoms. The highest BCUT2D eigenvalue weighted by Crippen LogP contribution is 2.23. The molecule has 1 fully saturated rings. The first kappa shape index (κ1) is 24.8. The Balaban J connectivity index is 0.000000423. The summed E-state index contributed by atoms with van der Waals surface area (Å²) in [4.78, 5) is 26.1. The highest BCUT2D eigenvalue weighted by molar-refractivity contribution is 7.08. The van der Waals surface area contributed by atoms with Crippen molar-refractivity contribution in [2.75, 3.05) is 39.8 Å². The number of aliphatic carboxylic acids is 1. The van der Waals surface area contributed by atoms with Crippen molar-refractivity contribution in [1.82, 2.24) is 25.3 Å². The maximum absolute atomic E-state index is 12.4. The number of thiophene rings is 1. The number of nitrogens with zero attached hydrogens (tertiary/aromatic N) is 3. The van der Waals surface area contributed by atoms with Crippen molar-refractivity contribution in [1.29, 1.82) is 0 Å². The second-order valence-corrected chi connectivity index (χ2v) is 8.52. The van der Waals surface area contributed by atoms with E-state index in [1.807, 2.05) is 16.8 Å². The third-order valence-corrected chi connectivity index (χ3v) is 5.73. The van der Waals surface area contributed by atoms with Crippen LogP contribution in [0, 0.1) is 0 Å². The Hall–Kier alpha value is -2.44. The first-order valence-corrected chi connectivity index (χ1v) is 10.4. The number of alkyl halides is 3. The van der Waals surface area contributed by atoms with Gasteiger partial charge in [0.1, 0.15) is 0 Å². The zero-order chi connectivity index (χ0) is 23.2. The van der Waals surface area contributed by atoms with Crippen LogP contribution >= 0.6 is 11.3 Å². The van der Waals surface area contributed by atoms with Crippen LogP contribution in [0.15, 0.2) is 23.0 Å². The first-order chi connectivity index (χ1) is 14.4. The third kappa shape index (κ3) is 7.04. The summed E-state index contributed by atoms with van der Waals surface area (Å²) in [5, 5.41) is 21.1. The minimum Gasteiger partial charge on any atom is -0.475 e. The lowest BCUT2D eigenvalue weighted by atomic mass is 10.00. The molecule has 1 saturated heterocycles. The number of carboxylic acid groups (broad SMARTS) is 1. The van der Waals surface area contributed by atoms with Gasteiger partial charge in [-0.3, -0.25) is 19.7 Å². The van der Waals surface area contributed by atoms with Crippen molar-refractivity contribution in [2.45, 2.75) is 25.6 Å². The molecule has 1 amide bonds. The summed E-state index contributed by atoms with van der Waals surface area (Å²) in [6.45, 7) is 9.16. The fourth-order valence-electron chi connectivity index (χ4n) is 3.04. The van der Waals surface area contributed by atoms with Gasteiger partial charge in [0.2, 0.25) is 0 Å². The Kier molecular flexibility index (Phi) is 8.21. The van der Waals surface area contributed by atoms with Crippen LogP contribution in [-0.2, 0) is 4.79 Å². The smallest absolute Gasteiger partial charge is 0.475 e. The highest BCUT2D eigenvalue weighted by Gasteiger charge is 2.38. The van der Waals surface area contributed by atoms with E-state index in [9.17, 15) is 18.0 Å². The second-order valence-electron chi connectivity index (χ2n) is 7.74. The number of halogens is 3. The van der Waals surface area contributed by atoms with Gasteiger partial charge in [-0.2, -0.15) is 29.6 Å². The fraction of sp³-hybridized carbons (Fsp3) is 0.526. The van der Waals surface area contributed by atoms with Crippen LogP contribution in [0.3, 0.4) is 0 Å². The van der Waals surface area contributed by atoms with Crippen LogP contribution in [0.5, 0.6) is 0 Å². The number of rotatable bonds is 5. The molecule has 31 heavy (non-hydrogen) atoms. The molecule has 0 atom stereocenters. The molecule has 0 aromatic carbocycles. The van der Waals surface area contributed by atoms with E-state index in [0.29, 0.717) is 12.1 Å². The van der Waals surface area contributed by atoms with Crippen molar-refractivity contribution in [3.63, 3.8) is 0 Å². The number of nitrogens with one attached hydrogen (secondary N) is 2. The first-order valence-electron chi connectivity index (χ1n) is 9.49. The monoisotopic (exact) mass is 461 g/mol. The summed E-state index contributed by atoms with van der Waals surface area (Å²) < 4.78 is 31.7. The van der Waals surface area contributed by atoms with E-state index in [-0.39, 0.29) is 11.4 Å². The molecule has 1 aliphatic rings. The quantitative estimate of drug-likeness (QED) is 0.633. The van der Waals surface area contributed by atoms with E-state index in [1.165, 1.54) is 0 Å². The number of hydrogen-bond donors (Lipinski definition) is 3. The van der Waals surface area contributed by atoms with Gasteiger partial charge in [0, 0.05) is 49.2 Å². The van der Waals surface area contributed by atoms with E-state index in [4.69, 9.17) is 9.90 Å². The number of aromatic amines is 1. The Morgan fingerprint density at radius 3 is 2.58 bits per heavy atom. The van der Waals surface area contributed by atoms with E-state index in [1.54, 1.807) is 17.5 Å². The van der Waals surface area contributed by atoms with E-state index in [0.717, 1.165) is 37.4 Å². The standard InChI is InChI=1S/C17H25N5OS.C2HF3O2/c1-17(2)12-22(8-7-21(17)3)6-5-18-16(23)14-10-19-20-15(14)13-4-9-24-11-13;3-2(4,5)1(6)7/h4,9-11H,5-8,12H2,1-3H3,(H,18,23)(H,19,20);(H,6,7). The molecular weight excluding hydrogens is 435 g/mol. The zero-order valence-electron chi connectivity index (χ0n) is 17.5. The lowest BCUT2D eigenvalue weighted by molar-refractivity contribution is -0.192. The van der Waals surface area contributed by atoms with Crippen molar-refractivity contribution < 1.29 is 27.9 Å². The Bertz CT molecular complexity index is 868. The fourth-order valence-corrected chi connectivity index (χ4v) is 3.69. The molecule has 0 saturated carbocycles. The lowest BCUT2D eigenvalue weighted by Gasteiger charge is -2.45. The molecule has 0 bridgehead atoms. The van der Waals surface area contributed by atoms with Crippen molar-refractivity contribution in [3.8, 4) is 11.3 Å². The Morgan fingerprint density at radius 1 is 1.35 bits per heavy atom. The zero-order valence-corrected chi connectivity index (χ0v) is 18.3. The molecule has 3 heterocycles. The summed E-state index contributed by atoms with van der Waals surface area (Å²) in [6, 6.07) is 1.99. The van der Waals surface area contributed by atoms with Gasteiger partial charge in [-0.05, 0) is 32.3 Å². The number of carbonyl (C=O) groups excluding carboxylic acids is 1. The van der Waals surface area contributed by atoms with Gasteiger partial charge in [-0.25, -0.2) is 4.79 Å². The van der Waals surface area contributed by atoms with Gasteiger partial charge in [-0.15, -0.1) is 0 Å². The molecule has 0 spiro atoms. The summed E-state index contributed by atoms with van der Waals surface area (Å²) >= 11 is 1.60. The number of likely N-dealkylation sites (N-methyl/N-ethyl adjacent to an activating group) is 1. The van der Waals surface area contributed by atoms with Crippen molar-refractivity contribution in [3.05, 3.63) is 28.6 Å². The lowest BCUT2D eigenvalue weighted by Crippen LogP contribution is -2.58. The minimum absolute atomic E-state index is 0.0710. The van der Waals surface area contributed by atoms with E-state index in [2.05, 4.69) is 46.2 Å². The normalized spacial score (nSPS) is 17.0. The third-order valence-electron chi connectivity index (χ3n) is 5.05. The average Bonchev–Trinajstić information content (AvgIpc) is 3.35. The average molecular weight is 462 g/mol. The number of amides is 1. The molecule has 1 aliphatic heterocycles. The summed E-state index contributed by atoms with van der Waals surface area (Å²) in [6.07, 6.45) is -3.48. The van der Waals surface area contributed by atoms with Gasteiger partial charge in [0.25, 0.3) is 5.91 Å². The second kappa shape index (κ2) is 10.2. The number of aromatic nitrogens is 2. The van der Waals surface area contributed by atoms with Crippen molar-refractivity contribution in [2.24, 2.45) is 0 Å². The van der Waals surface area contributed by atoms with Gasteiger partial charge >= 0.3 is 12.1 Å².